The van der Waals surface area contributed by atoms with Crippen molar-refractivity contribution in [2.75, 3.05) is 31.5 Å². The first kappa shape index (κ1) is 15.2. The van der Waals surface area contributed by atoms with Gasteiger partial charge in [-0.1, -0.05) is 0 Å². The molecule has 2 fully saturated rings. The van der Waals surface area contributed by atoms with Gasteiger partial charge in [-0.15, -0.1) is 0 Å². The van der Waals surface area contributed by atoms with Crippen LogP contribution in [0.15, 0.2) is 24.3 Å². The second-order valence-electron chi connectivity index (χ2n) is 6.18. The minimum atomic E-state index is -0.879. The number of likely N-dealkylation sites (tertiary alicyclic amines) is 2. The largest absolute Gasteiger partial charge is 0.465 e. The molecule has 2 atom stereocenters. The first-order chi connectivity index (χ1) is 11.0. The highest BCUT2D eigenvalue weighted by molar-refractivity contribution is 5.89. The number of nitriles is 1. The highest BCUT2D eigenvalue weighted by Crippen LogP contribution is 2.29. The van der Waals surface area contributed by atoms with Crippen molar-refractivity contribution in [3.63, 3.8) is 0 Å². The summed E-state index contributed by atoms with van der Waals surface area (Å²) in [6, 6.07) is 8.58. The molecule has 7 nitrogen and oxygen atoms in total. The maximum atomic E-state index is 12.4. The van der Waals surface area contributed by atoms with E-state index in [0.717, 1.165) is 6.42 Å². The van der Waals surface area contributed by atoms with E-state index in [1.54, 1.807) is 29.2 Å². The van der Waals surface area contributed by atoms with E-state index in [4.69, 9.17) is 10.4 Å². The van der Waals surface area contributed by atoms with Gasteiger partial charge in [0.2, 0.25) is 0 Å². The van der Waals surface area contributed by atoms with Gasteiger partial charge in [-0.25, -0.2) is 9.59 Å². The molecule has 0 saturated carbocycles. The number of nitrogens with zero attached hydrogens (tertiary/aromatic N) is 3. The number of carbonyl (C=O) groups is 2. The lowest BCUT2D eigenvalue weighted by molar-refractivity contribution is 0.0494. The second-order valence-corrected chi connectivity index (χ2v) is 6.18. The molecule has 0 aromatic heterocycles. The third-order valence-corrected chi connectivity index (χ3v) is 4.40. The summed E-state index contributed by atoms with van der Waals surface area (Å²) in [6.45, 7) is 2.13. The van der Waals surface area contributed by atoms with E-state index in [1.165, 1.54) is 4.90 Å². The standard InChI is InChI=1S/C16H18N4O3/c17-6-11-1-3-14(4-2-11)18-15(21)19-7-12-5-13(8-19)10-20(9-12)16(22)23/h1-4,12-13H,5,7-10H2,(H,18,21)(H,22,23). The first-order valence-corrected chi connectivity index (χ1v) is 7.59. The zero-order valence-corrected chi connectivity index (χ0v) is 12.6. The van der Waals surface area contributed by atoms with Gasteiger partial charge in [0.25, 0.3) is 0 Å². The second kappa shape index (κ2) is 6.16. The lowest BCUT2D eigenvalue weighted by Gasteiger charge is -2.44. The van der Waals surface area contributed by atoms with Gasteiger partial charge in [0.1, 0.15) is 0 Å². The molecule has 1 aromatic carbocycles. The molecule has 2 N–H and O–H groups in total. The maximum Gasteiger partial charge on any atom is 0.407 e. The van der Waals surface area contributed by atoms with E-state index in [1.807, 2.05) is 6.07 Å². The summed E-state index contributed by atoms with van der Waals surface area (Å²) >= 11 is 0. The summed E-state index contributed by atoms with van der Waals surface area (Å²) in [5, 5.41) is 20.7. The van der Waals surface area contributed by atoms with Crippen LogP contribution in [0, 0.1) is 23.2 Å². The summed E-state index contributed by atoms with van der Waals surface area (Å²) in [5.41, 5.74) is 1.20. The van der Waals surface area contributed by atoms with Gasteiger partial charge in [-0.3, -0.25) is 0 Å². The fourth-order valence-corrected chi connectivity index (χ4v) is 3.43. The fraction of sp³-hybridized carbons (Fsp3) is 0.438. The Bertz CT molecular complexity index is 638. The number of urea groups is 1. The fourth-order valence-electron chi connectivity index (χ4n) is 3.43. The van der Waals surface area contributed by atoms with Crippen molar-refractivity contribution in [2.45, 2.75) is 6.42 Å². The van der Waals surface area contributed by atoms with Gasteiger partial charge in [0.05, 0.1) is 11.6 Å². The number of rotatable bonds is 1. The average molecular weight is 314 g/mol. The number of benzene rings is 1. The van der Waals surface area contributed by atoms with Crippen molar-refractivity contribution < 1.29 is 14.7 Å². The quantitative estimate of drug-likeness (QED) is 0.828. The third kappa shape index (κ3) is 3.37. The third-order valence-electron chi connectivity index (χ3n) is 4.40. The molecule has 2 bridgehead atoms. The monoisotopic (exact) mass is 314 g/mol. The highest BCUT2D eigenvalue weighted by atomic mass is 16.4. The van der Waals surface area contributed by atoms with Crippen LogP contribution in [-0.4, -0.2) is 53.2 Å². The molecule has 2 unspecified atom stereocenters. The predicted molar refractivity (Wildman–Crippen MR) is 82.9 cm³/mol. The Hall–Kier alpha value is -2.75. The number of amides is 3. The molecule has 120 valence electrons. The van der Waals surface area contributed by atoms with Crippen LogP contribution in [0.4, 0.5) is 15.3 Å². The Labute approximate surface area is 134 Å². The Morgan fingerprint density at radius 1 is 1.09 bits per heavy atom. The number of piperidine rings is 2. The molecule has 1 aromatic rings. The van der Waals surface area contributed by atoms with Gasteiger partial charge in [-0.05, 0) is 42.5 Å². The first-order valence-electron chi connectivity index (χ1n) is 7.59. The van der Waals surface area contributed by atoms with Crippen molar-refractivity contribution in [2.24, 2.45) is 11.8 Å². The van der Waals surface area contributed by atoms with E-state index in [2.05, 4.69) is 5.32 Å². The van der Waals surface area contributed by atoms with Crippen LogP contribution in [0.2, 0.25) is 0 Å². The number of fused-ring (bicyclic) bond motifs is 2. The van der Waals surface area contributed by atoms with E-state index in [0.29, 0.717) is 37.4 Å². The van der Waals surface area contributed by atoms with Crippen LogP contribution in [0.5, 0.6) is 0 Å². The smallest absolute Gasteiger partial charge is 0.407 e. The van der Waals surface area contributed by atoms with Crippen LogP contribution in [0.25, 0.3) is 0 Å². The molecule has 0 aliphatic carbocycles. The van der Waals surface area contributed by atoms with E-state index in [-0.39, 0.29) is 17.9 Å². The van der Waals surface area contributed by atoms with Crippen LogP contribution in [-0.2, 0) is 0 Å². The van der Waals surface area contributed by atoms with Crippen LogP contribution in [0.3, 0.4) is 0 Å². The number of nitrogens with one attached hydrogen (secondary N) is 1. The van der Waals surface area contributed by atoms with Crippen molar-refractivity contribution in [1.29, 1.82) is 5.26 Å². The summed E-state index contributed by atoms with van der Waals surface area (Å²) in [7, 11) is 0. The molecular formula is C16H18N4O3. The summed E-state index contributed by atoms with van der Waals surface area (Å²) < 4.78 is 0. The van der Waals surface area contributed by atoms with Crippen LogP contribution < -0.4 is 5.32 Å². The van der Waals surface area contributed by atoms with Crippen molar-refractivity contribution in [3.05, 3.63) is 29.8 Å². The van der Waals surface area contributed by atoms with Crippen molar-refractivity contribution >= 4 is 17.8 Å². The predicted octanol–water partition coefficient (Wildman–Crippen LogP) is 2.02. The molecule has 2 saturated heterocycles. The Morgan fingerprint density at radius 2 is 1.65 bits per heavy atom. The summed E-state index contributed by atoms with van der Waals surface area (Å²) in [4.78, 5) is 26.7. The maximum absolute atomic E-state index is 12.4. The zero-order chi connectivity index (χ0) is 16.4. The van der Waals surface area contributed by atoms with Gasteiger partial charge in [0, 0.05) is 31.9 Å². The Morgan fingerprint density at radius 3 is 2.17 bits per heavy atom. The molecule has 0 radical (unpaired) electrons. The molecule has 2 heterocycles. The van der Waals surface area contributed by atoms with Crippen molar-refractivity contribution in [3.8, 4) is 6.07 Å². The summed E-state index contributed by atoms with van der Waals surface area (Å²) in [6.07, 6.45) is 0.0972. The number of carboxylic acid groups (broad SMARTS) is 1. The average Bonchev–Trinajstić information content (AvgIpc) is 2.54. The molecule has 2 aliphatic heterocycles. The van der Waals surface area contributed by atoms with Gasteiger partial charge >= 0.3 is 12.1 Å². The SMILES string of the molecule is N#Cc1ccc(NC(=O)N2CC3CC(CN(C(=O)O)C3)C2)cc1. The minimum absolute atomic E-state index is 0.173. The molecule has 3 amide bonds. The van der Waals surface area contributed by atoms with Crippen molar-refractivity contribution in [1.82, 2.24) is 9.80 Å². The Balaban J connectivity index is 1.61. The van der Waals surface area contributed by atoms with Gasteiger partial charge in [-0.2, -0.15) is 5.26 Å². The summed E-state index contributed by atoms with van der Waals surface area (Å²) in [5.74, 6) is 0.399. The number of anilines is 1. The van der Waals surface area contributed by atoms with E-state index < -0.39 is 6.09 Å². The van der Waals surface area contributed by atoms with Gasteiger partial charge < -0.3 is 20.2 Å². The molecule has 3 rings (SSSR count). The zero-order valence-electron chi connectivity index (χ0n) is 12.6. The molecule has 7 heteroatoms. The molecule has 2 aliphatic rings. The highest BCUT2D eigenvalue weighted by Gasteiger charge is 2.37. The topological polar surface area (TPSA) is 96.7 Å². The lowest BCUT2D eigenvalue weighted by atomic mass is 9.85. The van der Waals surface area contributed by atoms with Crippen LogP contribution >= 0.6 is 0 Å². The normalized spacial score (nSPS) is 23.1. The lowest BCUT2D eigenvalue weighted by Crippen LogP contribution is -2.55. The molecule has 23 heavy (non-hydrogen) atoms. The Kier molecular flexibility index (Phi) is 4.06. The number of hydrogen-bond acceptors (Lipinski definition) is 3. The number of carbonyl (C=O) groups excluding carboxylic acids is 1. The minimum Gasteiger partial charge on any atom is -0.465 e. The van der Waals surface area contributed by atoms with E-state index in [9.17, 15) is 9.59 Å². The number of hydrogen-bond donors (Lipinski definition) is 2. The van der Waals surface area contributed by atoms with Gasteiger partial charge in [0.15, 0.2) is 0 Å². The van der Waals surface area contributed by atoms with E-state index >= 15 is 0 Å². The van der Waals surface area contributed by atoms with Crippen LogP contribution in [0.1, 0.15) is 12.0 Å². The molecular weight excluding hydrogens is 296 g/mol. The molecule has 0 spiro atoms.